The Labute approximate surface area is 147 Å². The fourth-order valence-corrected chi connectivity index (χ4v) is 2.91. The number of morpholine rings is 1. The lowest BCUT2D eigenvalue weighted by Gasteiger charge is -2.38. The molecule has 3 atom stereocenters. The first-order chi connectivity index (χ1) is 11.8. The summed E-state index contributed by atoms with van der Waals surface area (Å²) in [6.07, 6.45) is 0.0129. The average Bonchev–Trinajstić information content (AvgIpc) is 2.54. The number of rotatable bonds is 5. The minimum Gasteiger partial charge on any atom is -0.372 e. The number of hydrogen-bond donors (Lipinski definition) is 1. The van der Waals surface area contributed by atoms with Crippen LogP contribution in [0.2, 0.25) is 0 Å². The lowest BCUT2D eigenvalue weighted by atomic mass is 10.2. The summed E-state index contributed by atoms with van der Waals surface area (Å²) in [7, 11) is 1.74. The zero-order valence-corrected chi connectivity index (χ0v) is 15.2. The van der Waals surface area contributed by atoms with Gasteiger partial charge in [-0.3, -0.25) is 14.5 Å². The molecule has 1 N–H and O–H groups in total. The van der Waals surface area contributed by atoms with E-state index in [4.69, 9.17) is 4.74 Å². The van der Waals surface area contributed by atoms with Gasteiger partial charge >= 0.3 is 0 Å². The first-order valence-electron chi connectivity index (χ1n) is 8.46. The van der Waals surface area contributed by atoms with Gasteiger partial charge in [0.25, 0.3) is 0 Å². The molecule has 2 amide bonds. The monoisotopic (exact) mass is 351 g/mol. The number of nitrogens with zero attached hydrogens (tertiary/aromatic N) is 2. The molecule has 1 saturated heterocycles. The second-order valence-electron chi connectivity index (χ2n) is 6.65. The number of amides is 2. The summed E-state index contributed by atoms with van der Waals surface area (Å²) in [4.78, 5) is 28.3. The molecule has 1 aliphatic rings. The Balaban J connectivity index is 1.88. The summed E-state index contributed by atoms with van der Waals surface area (Å²) >= 11 is 0. The van der Waals surface area contributed by atoms with E-state index in [1.165, 1.54) is 24.3 Å². The van der Waals surface area contributed by atoms with Crippen molar-refractivity contribution in [3.05, 3.63) is 30.1 Å². The van der Waals surface area contributed by atoms with Crippen molar-refractivity contribution in [3.8, 4) is 0 Å². The minimum atomic E-state index is -0.420. The number of ether oxygens (including phenoxy) is 1. The lowest BCUT2D eigenvalue weighted by molar-refractivity contribution is -0.148. The predicted molar refractivity (Wildman–Crippen MR) is 93.7 cm³/mol. The summed E-state index contributed by atoms with van der Waals surface area (Å²) < 4.78 is 18.5. The Morgan fingerprint density at radius 1 is 1.28 bits per heavy atom. The molecule has 0 spiro atoms. The number of halogens is 1. The van der Waals surface area contributed by atoms with E-state index in [1.54, 1.807) is 23.8 Å². The van der Waals surface area contributed by atoms with Crippen LogP contribution in [0.25, 0.3) is 0 Å². The highest BCUT2D eigenvalue weighted by molar-refractivity contribution is 5.92. The Morgan fingerprint density at radius 2 is 1.84 bits per heavy atom. The van der Waals surface area contributed by atoms with E-state index in [0.717, 1.165) is 0 Å². The largest absolute Gasteiger partial charge is 0.372 e. The molecule has 2 rings (SSSR count). The van der Waals surface area contributed by atoms with Crippen LogP contribution in [0.4, 0.5) is 10.1 Å². The fraction of sp³-hybridized carbons (Fsp3) is 0.556. The zero-order valence-electron chi connectivity index (χ0n) is 15.2. The quantitative estimate of drug-likeness (QED) is 0.877. The Hall–Kier alpha value is -1.99. The van der Waals surface area contributed by atoms with Gasteiger partial charge in [0.05, 0.1) is 24.8 Å². The van der Waals surface area contributed by atoms with Crippen LogP contribution in [0.5, 0.6) is 0 Å². The Kier molecular flexibility index (Phi) is 6.50. The van der Waals surface area contributed by atoms with Crippen molar-refractivity contribution >= 4 is 17.5 Å². The van der Waals surface area contributed by atoms with Gasteiger partial charge in [-0.25, -0.2) is 4.39 Å². The number of nitrogens with one attached hydrogen (secondary N) is 1. The van der Waals surface area contributed by atoms with Crippen molar-refractivity contribution in [1.29, 1.82) is 0 Å². The third-order valence-electron chi connectivity index (χ3n) is 4.27. The highest BCUT2D eigenvalue weighted by atomic mass is 19.1. The maximum absolute atomic E-state index is 12.9. The highest BCUT2D eigenvalue weighted by Crippen LogP contribution is 2.14. The van der Waals surface area contributed by atoms with Crippen molar-refractivity contribution in [2.45, 2.75) is 39.0 Å². The number of carbonyl (C=O) groups is 2. The minimum absolute atomic E-state index is 0.00646. The first-order valence-corrected chi connectivity index (χ1v) is 8.46. The lowest BCUT2D eigenvalue weighted by Crippen LogP contribution is -2.54. The van der Waals surface area contributed by atoms with E-state index in [-0.39, 0.29) is 36.4 Å². The molecule has 1 aliphatic heterocycles. The van der Waals surface area contributed by atoms with E-state index in [2.05, 4.69) is 5.32 Å². The molecule has 1 aromatic rings. The van der Waals surface area contributed by atoms with Crippen LogP contribution >= 0.6 is 0 Å². The second-order valence-corrected chi connectivity index (χ2v) is 6.65. The van der Waals surface area contributed by atoms with Crippen molar-refractivity contribution in [1.82, 2.24) is 9.80 Å². The molecule has 7 heteroatoms. The topological polar surface area (TPSA) is 61.9 Å². The smallest absolute Gasteiger partial charge is 0.239 e. The third-order valence-corrected chi connectivity index (χ3v) is 4.27. The molecule has 1 fully saturated rings. The summed E-state index contributed by atoms with van der Waals surface area (Å²) in [6.45, 7) is 6.87. The standard InChI is InChI=1S/C18H26FN3O3/c1-12-9-22(10-13(2)25-12)18(24)14(3)21(4)11-17(23)20-16-7-5-15(19)6-8-16/h5-8,12-14H,9-11H2,1-4H3,(H,20,23)/t12-,13-,14-/m1/s1. The summed E-state index contributed by atoms with van der Waals surface area (Å²) in [5, 5.41) is 2.70. The molecule has 0 saturated carbocycles. The van der Waals surface area contributed by atoms with E-state index in [9.17, 15) is 14.0 Å². The number of carbonyl (C=O) groups excluding carboxylic acids is 2. The van der Waals surface area contributed by atoms with E-state index < -0.39 is 6.04 Å². The summed E-state index contributed by atoms with van der Waals surface area (Å²) in [5.41, 5.74) is 0.523. The van der Waals surface area contributed by atoms with Crippen LogP contribution in [0.3, 0.4) is 0 Å². The zero-order chi connectivity index (χ0) is 18.6. The van der Waals surface area contributed by atoms with Crippen molar-refractivity contribution < 1.29 is 18.7 Å². The highest BCUT2D eigenvalue weighted by Gasteiger charge is 2.30. The summed E-state index contributed by atoms with van der Waals surface area (Å²) in [6, 6.07) is 5.14. The maximum Gasteiger partial charge on any atom is 0.239 e. The fourth-order valence-electron chi connectivity index (χ4n) is 2.91. The van der Waals surface area contributed by atoms with Gasteiger partial charge in [-0.2, -0.15) is 0 Å². The second kappa shape index (κ2) is 8.40. The molecule has 1 heterocycles. The van der Waals surface area contributed by atoms with Crippen LogP contribution in [-0.2, 0) is 14.3 Å². The maximum atomic E-state index is 12.9. The molecule has 6 nitrogen and oxygen atoms in total. The van der Waals surface area contributed by atoms with Gasteiger partial charge < -0.3 is 15.0 Å². The number of anilines is 1. The van der Waals surface area contributed by atoms with Crippen LogP contribution in [0, 0.1) is 5.82 Å². The van der Waals surface area contributed by atoms with Gasteiger partial charge in [-0.05, 0) is 52.1 Å². The molecule has 0 unspecified atom stereocenters. The van der Waals surface area contributed by atoms with Gasteiger partial charge in [0.15, 0.2) is 0 Å². The van der Waals surface area contributed by atoms with Gasteiger partial charge in [0.2, 0.25) is 11.8 Å². The molecule has 0 aliphatic carbocycles. The van der Waals surface area contributed by atoms with Crippen molar-refractivity contribution in [3.63, 3.8) is 0 Å². The van der Waals surface area contributed by atoms with Crippen LogP contribution in [0.15, 0.2) is 24.3 Å². The summed E-state index contributed by atoms with van der Waals surface area (Å²) in [5.74, 6) is -0.625. The third kappa shape index (κ3) is 5.51. The number of hydrogen-bond acceptors (Lipinski definition) is 4. The average molecular weight is 351 g/mol. The number of benzene rings is 1. The molecule has 0 radical (unpaired) electrons. The van der Waals surface area contributed by atoms with Gasteiger partial charge in [0.1, 0.15) is 5.82 Å². The first kappa shape index (κ1) is 19.3. The van der Waals surface area contributed by atoms with E-state index in [1.807, 2.05) is 13.8 Å². The molecule has 0 bridgehead atoms. The molecular formula is C18H26FN3O3. The van der Waals surface area contributed by atoms with E-state index in [0.29, 0.717) is 18.8 Å². The van der Waals surface area contributed by atoms with E-state index >= 15 is 0 Å². The van der Waals surface area contributed by atoms with Crippen LogP contribution in [0.1, 0.15) is 20.8 Å². The Morgan fingerprint density at radius 3 is 2.40 bits per heavy atom. The van der Waals surface area contributed by atoms with Gasteiger partial charge in [0, 0.05) is 18.8 Å². The molecule has 138 valence electrons. The normalized spacial score (nSPS) is 21.9. The Bertz CT molecular complexity index is 598. The number of likely N-dealkylation sites (N-methyl/N-ethyl adjacent to an activating group) is 1. The SMILES string of the molecule is C[C@@H]1CN(C(=O)[C@@H](C)N(C)CC(=O)Nc2ccc(F)cc2)C[C@@H](C)O1. The van der Waals surface area contributed by atoms with Crippen molar-refractivity contribution in [2.24, 2.45) is 0 Å². The van der Waals surface area contributed by atoms with Gasteiger partial charge in [-0.15, -0.1) is 0 Å². The molecular weight excluding hydrogens is 325 g/mol. The van der Waals surface area contributed by atoms with Gasteiger partial charge in [-0.1, -0.05) is 0 Å². The molecule has 0 aromatic heterocycles. The van der Waals surface area contributed by atoms with Crippen molar-refractivity contribution in [2.75, 3.05) is 32.0 Å². The van der Waals surface area contributed by atoms with Crippen LogP contribution in [-0.4, -0.2) is 66.5 Å². The molecule has 1 aromatic carbocycles. The molecule has 25 heavy (non-hydrogen) atoms. The predicted octanol–water partition coefficient (Wildman–Crippen LogP) is 1.72. The van der Waals surface area contributed by atoms with Crippen LogP contribution < -0.4 is 5.32 Å².